The van der Waals surface area contributed by atoms with Crippen molar-refractivity contribution >= 4 is 11.6 Å². The molecule has 2 aromatic rings. The zero-order chi connectivity index (χ0) is 15.9. The predicted molar refractivity (Wildman–Crippen MR) is 78.1 cm³/mol. The lowest BCUT2D eigenvalue weighted by atomic mass is 10.3. The molecule has 1 N–H and O–H groups in total. The first-order valence-electron chi connectivity index (χ1n) is 6.68. The highest BCUT2D eigenvalue weighted by atomic mass is 19.1. The van der Waals surface area contributed by atoms with Crippen molar-refractivity contribution in [2.45, 2.75) is 6.92 Å². The second-order valence-corrected chi connectivity index (χ2v) is 4.40. The van der Waals surface area contributed by atoms with Crippen LogP contribution in [0.1, 0.15) is 6.92 Å². The summed E-state index contributed by atoms with van der Waals surface area (Å²) in [4.78, 5) is 11.7. The van der Waals surface area contributed by atoms with Crippen LogP contribution in [0.5, 0.6) is 11.5 Å². The molecule has 0 radical (unpaired) electrons. The zero-order valence-electron chi connectivity index (χ0n) is 11.9. The van der Waals surface area contributed by atoms with Gasteiger partial charge in [0.25, 0.3) is 5.91 Å². The van der Waals surface area contributed by atoms with Gasteiger partial charge in [0.05, 0.1) is 6.61 Å². The monoisotopic (exact) mass is 307 g/mol. The molecule has 0 aliphatic rings. The largest absolute Gasteiger partial charge is 0.494 e. The topological polar surface area (TPSA) is 47.6 Å². The molecule has 22 heavy (non-hydrogen) atoms. The van der Waals surface area contributed by atoms with Gasteiger partial charge in [-0.2, -0.15) is 0 Å². The van der Waals surface area contributed by atoms with E-state index in [2.05, 4.69) is 5.32 Å². The van der Waals surface area contributed by atoms with Crippen molar-refractivity contribution in [2.75, 3.05) is 18.5 Å². The molecule has 1 amide bonds. The number of halogens is 2. The van der Waals surface area contributed by atoms with Gasteiger partial charge in [0, 0.05) is 11.8 Å². The second-order valence-electron chi connectivity index (χ2n) is 4.40. The van der Waals surface area contributed by atoms with Gasteiger partial charge < -0.3 is 14.8 Å². The highest BCUT2D eigenvalue weighted by molar-refractivity contribution is 5.91. The molecule has 0 spiro atoms. The van der Waals surface area contributed by atoms with E-state index < -0.39 is 17.5 Å². The van der Waals surface area contributed by atoms with Gasteiger partial charge in [0.15, 0.2) is 6.61 Å². The number of anilines is 1. The molecule has 0 saturated carbocycles. The van der Waals surface area contributed by atoms with Crippen LogP contribution < -0.4 is 14.8 Å². The lowest BCUT2D eigenvalue weighted by Crippen LogP contribution is -2.20. The summed E-state index contributed by atoms with van der Waals surface area (Å²) in [5.74, 6) is -0.845. The molecule has 0 saturated heterocycles. The van der Waals surface area contributed by atoms with Crippen molar-refractivity contribution in [1.29, 1.82) is 0 Å². The fraction of sp³-hybridized carbons (Fsp3) is 0.188. The first kappa shape index (κ1) is 15.8. The average molecular weight is 307 g/mol. The molecule has 0 atom stereocenters. The van der Waals surface area contributed by atoms with Crippen molar-refractivity contribution in [3.8, 4) is 11.5 Å². The lowest BCUT2D eigenvalue weighted by Gasteiger charge is -2.08. The Labute approximate surface area is 126 Å². The summed E-state index contributed by atoms with van der Waals surface area (Å²) < 4.78 is 36.6. The maximum Gasteiger partial charge on any atom is 0.262 e. The molecule has 4 nitrogen and oxygen atoms in total. The molecule has 116 valence electrons. The summed E-state index contributed by atoms with van der Waals surface area (Å²) in [5, 5.41) is 2.36. The number of amides is 1. The number of hydrogen-bond donors (Lipinski definition) is 1. The van der Waals surface area contributed by atoms with Crippen LogP contribution in [0.15, 0.2) is 42.5 Å². The molecule has 6 heteroatoms. The predicted octanol–water partition coefficient (Wildman–Crippen LogP) is 3.38. The minimum atomic E-state index is -0.761. The van der Waals surface area contributed by atoms with E-state index in [9.17, 15) is 13.6 Å². The molecule has 2 rings (SSSR count). The Hall–Kier alpha value is -2.63. The number of carbonyl (C=O) groups excluding carboxylic acids is 1. The van der Waals surface area contributed by atoms with Crippen LogP contribution in [-0.2, 0) is 4.79 Å². The van der Waals surface area contributed by atoms with Gasteiger partial charge in [-0.05, 0) is 43.3 Å². The summed E-state index contributed by atoms with van der Waals surface area (Å²) in [6.07, 6.45) is 0. The van der Waals surface area contributed by atoms with E-state index in [-0.39, 0.29) is 12.3 Å². The molecular formula is C16H15F2NO3. The van der Waals surface area contributed by atoms with Crippen LogP contribution in [0.4, 0.5) is 14.5 Å². The first-order chi connectivity index (χ1) is 10.6. The van der Waals surface area contributed by atoms with Crippen LogP contribution in [0.2, 0.25) is 0 Å². The standard InChI is InChI=1S/C16H15F2NO3/c1-2-21-14-3-5-15(6-4-14)22-10-16(20)19-13-8-11(17)7-12(18)9-13/h3-9H,2,10H2,1H3,(H,19,20). The molecule has 0 bridgehead atoms. The van der Waals surface area contributed by atoms with E-state index in [0.29, 0.717) is 18.1 Å². The average Bonchev–Trinajstić information content (AvgIpc) is 2.46. The Morgan fingerprint density at radius 2 is 1.55 bits per heavy atom. The second kappa shape index (κ2) is 7.40. The number of benzene rings is 2. The summed E-state index contributed by atoms with van der Waals surface area (Å²) in [7, 11) is 0. The van der Waals surface area contributed by atoms with E-state index in [0.717, 1.165) is 18.2 Å². The first-order valence-corrected chi connectivity index (χ1v) is 6.68. The number of hydrogen-bond acceptors (Lipinski definition) is 3. The van der Waals surface area contributed by atoms with Crippen molar-refractivity contribution in [1.82, 2.24) is 0 Å². The highest BCUT2D eigenvalue weighted by Crippen LogP contribution is 2.17. The molecule has 0 unspecified atom stereocenters. The minimum Gasteiger partial charge on any atom is -0.494 e. The van der Waals surface area contributed by atoms with Gasteiger partial charge in [0.2, 0.25) is 0 Å². The van der Waals surface area contributed by atoms with Crippen molar-refractivity contribution in [3.05, 3.63) is 54.1 Å². The van der Waals surface area contributed by atoms with Crippen molar-refractivity contribution in [2.24, 2.45) is 0 Å². The van der Waals surface area contributed by atoms with Gasteiger partial charge in [-0.3, -0.25) is 4.79 Å². The van der Waals surface area contributed by atoms with E-state index in [1.807, 2.05) is 6.92 Å². The lowest BCUT2D eigenvalue weighted by molar-refractivity contribution is -0.118. The molecule has 0 fully saturated rings. The Bertz CT molecular complexity index is 624. The van der Waals surface area contributed by atoms with Gasteiger partial charge in [-0.1, -0.05) is 0 Å². The van der Waals surface area contributed by atoms with Crippen LogP contribution in [0.25, 0.3) is 0 Å². The van der Waals surface area contributed by atoms with Gasteiger partial charge in [0.1, 0.15) is 23.1 Å². The summed E-state index contributed by atoms with van der Waals surface area (Å²) in [6.45, 7) is 2.17. The van der Waals surface area contributed by atoms with Crippen LogP contribution in [-0.4, -0.2) is 19.1 Å². The molecule has 0 heterocycles. The number of carbonyl (C=O) groups is 1. The third-order valence-corrected chi connectivity index (χ3v) is 2.65. The van der Waals surface area contributed by atoms with E-state index in [4.69, 9.17) is 9.47 Å². The van der Waals surface area contributed by atoms with E-state index in [1.165, 1.54) is 0 Å². The SMILES string of the molecule is CCOc1ccc(OCC(=O)Nc2cc(F)cc(F)c2)cc1. The van der Waals surface area contributed by atoms with Gasteiger partial charge >= 0.3 is 0 Å². The molecule has 0 aromatic heterocycles. The summed E-state index contributed by atoms with van der Waals surface area (Å²) in [6, 6.07) is 9.55. The van der Waals surface area contributed by atoms with Crippen LogP contribution in [0.3, 0.4) is 0 Å². The molecule has 0 aliphatic heterocycles. The fourth-order valence-electron chi connectivity index (χ4n) is 1.77. The minimum absolute atomic E-state index is 0.0396. The highest BCUT2D eigenvalue weighted by Gasteiger charge is 2.06. The van der Waals surface area contributed by atoms with Crippen molar-refractivity contribution in [3.63, 3.8) is 0 Å². The van der Waals surface area contributed by atoms with Gasteiger partial charge in [-0.25, -0.2) is 8.78 Å². The normalized spacial score (nSPS) is 10.1. The third-order valence-electron chi connectivity index (χ3n) is 2.65. The summed E-state index contributed by atoms with van der Waals surface area (Å²) in [5.41, 5.74) is 0.0396. The molecular weight excluding hydrogens is 292 g/mol. The van der Waals surface area contributed by atoms with E-state index in [1.54, 1.807) is 24.3 Å². The Kier molecular flexibility index (Phi) is 5.30. The Morgan fingerprint density at radius 3 is 2.09 bits per heavy atom. The quantitative estimate of drug-likeness (QED) is 0.890. The third kappa shape index (κ3) is 4.73. The van der Waals surface area contributed by atoms with Crippen LogP contribution in [0, 0.1) is 11.6 Å². The number of nitrogens with one attached hydrogen (secondary N) is 1. The maximum atomic E-state index is 13.0. The summed E-state index contributed by atoms with van der Waals surface area (Å²) >= 11 is 0. The molecule has 0 aliphatic carbocycles. The maximum absolute atomic E-state index is 13.0. The van der Waals surface area contributed by atoms with Crippen molar-refractivity contribution < 1.29 is 23.0 Å². The Morgan fingerprint density at radius 1 is 1.00 bits per heavy atom. The van der Waals surface area contributed by atoms with Gasteiger partial charge in [-0.15, -0.1) is 0 Å². The number of rotatable bonds is 6. The fourth-order valence-corrected chi connectivity index (χ4v) is 1.77. The molecule has 2 aromatic carbocycles. The smallest absolute Gasteiger partial charge is 0.262 e. The number of ether oxygens (including phenoxy) is 2. The zero-order valence-corrected chi connectivity index (χ0v) is 11.9. The van der Waals surface area contributed by atoms with Crippen LogP contribution >= 0.6 is 0 Å². The Balaban J connectivity index is 1.87. The van der Waals surface area contributed by atoms with E-state index >= 15 is 0 Å².